The van der Waals surface area contributed by atoms with Gasteiger partial charge >= 0.3 is 0 Å². The zero-order chi connectivity index (χ0) is 12.7. The first-order valence-corrected chi connectivity index (χ1v) is 5.74. The molecule has 1 amide bonds. The van der Waals surface area contributed by atoms with E-state index >= 15 is 0 Å². The monoisotopic (exact) mass is 272 g/mol. The number of amides is 1. The summed E-state index contributed by atoms with van der Waals surface area (Å²) in [7, 11) is 3.44. The van der Waals surface area contributed by atoms with Crippen LogP contribution in [0.2, 0.25) is 0 Å². The van der Waals surface area contributed by atoms with E-state index in [2.05, 4.69) is 0 Å². The number of ether oxygens (including phenoxy) is 1. The number of nitrogens with two attached hydrogens (primary N) is 1. The van der Waals surface area contributed by atoms with Crippen LogP contribution in [0.1, 0.15) is 18.4 Å². The van der Waals surface area contributed by atoms with Crippen LogP contribution in [0, 0.1) is 0 Å². The van der Waals surface area contributed by atoms with E-state index in [1.165, 1.54) is 0 Å². The van der Waals surface area contributed by atoms with Crippen molar-refractivity contribution in [2.45, 2.75) is 19.4 Å². The summed E-state index contributed by atoms with van der Waals surface area (Å²) in [6.07, 6.45) is 1.26. The Morgan fingerprint density at radius 3 is 2.44 bits per heavy atom. The summed E-state index contributed by atoms with van der Waals surface area (Å²) in [5.74, 6) is 0.956. The van der Waals surface area contributed by atoms with Gasteiger partial charge in [-0.2, -0.15) is 0 Å². The quantitative estimate of drug-likeness (QED) is 0.859. The van der Waals surface area contributed by atoms with Gasteiger partial charge in [-0.1, -0.05) is 12.1 Å². The van der Waals surface area contributed by atoms with E-state index in [1.807, 2.05) is 31.3 Å². The maximum Gasteiger partial charge on any atom is 0.222 e. The molecule has 0 radical (unpaired) electrons. The van der Waals surface area contributed by atoms with Crippen molar-refractivity contribution in [1.29, 1.82) is 0 Å². The molecule has 102 valence electrons. The second-order valence-corrected chi connectivity index (χ2v) is 3.99. The first-order chi connectivity index (χ1) is 8.17. The third-order valence-electron chi connectivity index (χ3n) is 2.60. The maximum absolute atomic E-state index is 11.7. The van der Waals surface area contributed by atoms with Crippen molar-refractivity contribution in [1.82, 2.24) is 4.90 Å². The number of benzene rings is 1. The molecule has 0 aromatic heterocycles. The lowest BCUT2D eigenvalue weighted by molar-refractivity contribution is -0.130. The van der Waals surface area contributed by atoms with Crippen LogP contribution in [0.3, 0.4) is 0 Å². The van der Waals surface area contributed by atoms with Crippen LogP contribution in [0.15, 0.2) is 24.3 Å². The zero-order valence-electron chi connectivity index (χ0n) is 10.9. The van der Waals surface area contributed by atoms with Crippen LogP contribution >= 0.6 is 12.4 Å². The molecule has 18 heavy (non-hydrogen) atoms. The van der Waals surface area contributed by atoms with Crippen LogP contribution in [-0.2, 0) is 11.3 Å². The zero-order valence-corrected chi connectivity index (χ0v) is 11.7. The molecule has 1 aromatic carbocycles. The molecular formula is C13H21ClN2O2. The molecule has 0 fully saturated rings. The Balaban J connectivity index is 0.00000289. The second kappa shape index (κ2) is 8.78. The van der Waals surface area contributed by atoms with E-state index in [1.54, 1.807) is 12.0 Å². The predicted octanol–water partition coefficient (Wildman–Crippen LogP) is 1.81. The van der Waals surface area contributed by atoms with Gasteiger partial charge in [-0.05, 0) is 30.7 Å². The van der Waals surface area contributed by atoms with E-state index < -0.39 is 0 Å². The average molecular weight is 273 g/mol. The highest BCUT2D eigenvalue weighted by molar-refractivity contribution is 5.85. The summed E-state index contributed by atoms with van der Waals surface area (Å²) >= 11 is 0. The van der Waals surface area contributed by atoms with Crippen molar-refractivity contribution in [3.05, 3.63) is 29.8 Å². The molecule has 4 nitrogen and oxygen atoms in total. The van der Waals surface area contributed by atoms with Gasteiger partial charge in [0.05, 0.1) is 7.11 Å². The summed E-state index contributed by atoms with van der Waals surface area (Å²) in [6, 6.07) is 7.72. The Bertz CT molecular complexity index is 355. The number of rotatable bonds is 6. The van der Waals surface area contributed by atoms with Crippen molar-refractivity contribution in [2.75, 3.05) is 20.7 Å². The minimum atomic E-state index is 0. The molecule has 5 heteroatoms. The van der Waals surface area contributed by atoms with E-state index in [4.69, 9.17) is 10.5 Å². The van der Waals surface area contributed by atoms with Gasteiger partial charge in [0.25, 0.3) is 0 Å². The van der Waals surface area contributed by atoms with Crippen molar-refractivity contribution in [3.8, 4) is 5.75 Å². The Kier molecular flexibility index (Phi) is 8.16. The molecule has 0 saturated carbocycles. The summed E-state index contributed by atoms with van der Waals surface area (Å²) in [6.45, 7) is 1.18. The lowest BCUT2D eigenvalue weighted by atomic mass is 10.2. The summed E-state index contributed by atoms with van der Waals surface area (Å²) in [5, 5.41) is 0. The number of carbonyl (C=O) groups excluding carboxylic acids is 1. The smallest absolute Gasteiger partial charge is 0.222 e. The molecule has 0 unspecified atom stereocenters. The van der Waals surface area contributed by atoms with Crippen molar-refractivity contribution in [3.63, 3.8) is 0 Å². The fourth-order valence-electron chi connectivity index (χ4n) is 1.54. The topological polar surface area (TPSA) is 55.6 Å². The highest BCUT2D eigenvalue weighted by atomic mass is 35.5. The molecule has 0 spiro atoms. The largest absolute Gasteiger partial charge is 0.497 e. The SMILES string of the molecule is COc1ccc(CN(C)C(=O)CCCN)cc1.Cl. The standard InChI is InChI=1S/C13H20N2O2.ClH/c1-15(13(16)4-3-9-14)10-11-5-7-12(17-2)8-6-11;/h5-8H,3-4,9-10,14H2,1-2H3;1H. The first kappa shape index (κ1) is 16.7. The van der Waals surface area contributed by atoms with E-state index in [9.17, 15) is 4.79 Å². The van der Waals surface area contributed by atoms with Gasteiger partial charge in [0.15, 0.2) is 0 Å². The fraction of sp³-hybridized carbons (Fsp3) is 0.462. The van der Waals surface area contributed by atoms with Crippen molar-refractivity contribution in [2.24, 2.45) is 5.73 Å². The first-order valence-electron chi connectivity index (χ1n) is 5.74. The number of nitrogens with zero attached hydrogens (tertiary/aromatic N) is 1. The molecule has 0 bridgehead atoms. The minimum absolute atomic E-state index is 0. The van der Waals surface area contributed by atoms with Gasteiger partial charge in [-0.25, -0.2) is 0 Å². The molecule has 0 aliphatic rings. The number of halogens is 1. The van der Waals surface area contributed by atoms with Crippen LogP contribution < -0.4 is 10.5 Å². The molecule has 0 aliphatic heterocycles. The lowest BCUT2D eigenvalue weighted by Gasteiger charge is -2.17. The molecule has 1 rings (SSSR count). The number of hydrogen-bond acceptors (Lipinski definition) is 3. The third kappa shape index (κ3) is 5.38. The van der Waals surface area contributed by atoms with Crippen LogP contribution in [0.25, 0.3) is 0 Å². The second-order valence-electron chi connectivity index (χ2n) is 3.99. The molecule has 1 aromatic rings. The van der Waals surface area contributed by atoms with Gasteiger partial charge in [-0.15, -0.1) is 12.4 Å². The summed E-state index contributed by atoms with van der Waals surface area (Å²) in [5.41, 5.74) is 6.47. The molecular weight excluding hydrogens is 252 g/mol. The number of carbonyl (C=O) groups is 1. The van der Waals surface area contributed by atoms with Gasteiger partial charge in [0.1, 0.15) is 5.75 Å². The van der Waals surface area contributed by atoms with Crippen LogP contribution in [0.4, 0.5) is 0 Å². The highest BCUT2D eigenvalue weighted by Gasteiger charge is 2.08. The molecule has 0 heterocycles. The van der Waals surface area contributed by atoms with Crippen molar-refractivity contribution >= 4 is 18.3 Å². The Morgan fingerprint density at radius 1 is 1.33 bits per heavy atom. The number of hydrogen-bond donors (Lipinski definition) is 1. The lowest BCUT2D eigenvalue weighted by Crippen LogP contribution is -2.26. The molecule has 0 aliphatic carbocycles. The maximum atomic E-state index is 11.7. The molecule has 2 N–H and O–H groups in total. The normalized spacial score (nSPS) is 9.50. The predicted molar refractivity (Wildman–Crippen MR) is 75.0 cm³/mol. The molecule has 0 saturated heterocycles. The van der Waals surface area contributed by atoms with Gasteiger partial charge in [0, 0.05) is 20.0 Å². The summed E-state index contributed by atoms with van der Waals surface area (Å²) < 4.78 is 5.08. The van der Waals surface area contributed by atoms with Gasteiger partial charge in [0.2, 0.25) is 5.91 Å². The highest BCUT2D eigenvalue weighted by Crippen LogP contribution is 2.12. The van der Waals surface area contributed by atoms with Crippen LogP contribution in [-0.4, -0.2) is 31.5 Å². The average Bonchev–Trinajstić information content (AvgIpc) is 2.36. The van der Waals surface area contributed by atoms with Crippen molar-refractivity contribution < 1.29 is 9.53 Å². The van der Waals surface area contributed by atoms with Gasteiger partial charge in [-0.3, -0.25) is 4.79 Å². The third-order valence-corrected chi connectivity index (χ3v) is 2.60. The Morgan fingerprint density at radius 2 is 1.94 bits per heavy atom. The van der Waals surface area contributed by atoms with E-state index in [-0.39, 0.29) is 18.3 Å². The van der Waals surface area contributed by atoms with Gasteiger partial charge < -0.3 is 15.4 Å². The van der Waals surface area contributed by atoms with E-state index in [0.29, 0.717) is 19.5 Å². The minimum Gasteiger partial charge on any atom is -0.497 e. The fourth-order valence-corrected chi connectivity index (χ4v) is 1.54. The molecule has 0 atom stereocenters. The number of methoxy groups -OCH3 is 1. The van der Waals surface area contributed by atoms with Crippen LogP contribution in [0.5, 0.6) is 5.75 Å². The Hall–Kier alpha value is -1.26. The summed E-state index contributed by atoms with van der Waals surface area (Å²) in [4.78, 5) is 13.4. The Labute approximate surface area is 115 Å². The van der Waals surface area contributed by atoms with E-state index in [0.717, 1.165) is 17.7 Å².